The fraction of sp³-hybridized carbons (Fsp3) is 0.810. The Balaban J connectivity index is 1.88. The van der Waals surface area contributed by atoms with Crippen molar-refractivity contribution in [3.05, 3.63) is 59.8 Å². The third kappa shape index (κ3) is 23.9. The Morgan fingerprint density at radius 1 is 0.578 bits per heavy atom. The molecule has 0 spiro atoms. The van der Waals surface area contributed by atoms with Gasteiger partial charge in [0.15, 0.2) is 6.29 Å². The average Bonchev–Trinajstić information content (AvgIpc) is 4.00. The van der Waals surface area contributed by atoms with Crippen LogP contribution in [0.4, 0.5) is 0 Å². The van der Waals surface area contributed by atoms with Crippen molar-refractivity contribution in [2.45, 2.75) is 263 Å². The molecule has 0 amide bonds. The Morgan fingerprint density at radius 3 is 1.71 bits per heavy atom. The Labute approximate surface area is 493 Å². The van der Waals surface area contributed by atoms with E-state index in [-0.39, 0.29) is 61.9 Å². The van der Waals surface area contributed by atoms with Crippen LogP contribution in [0, 0.1) is 53.3 Å². The molecule has 0 radical (unpaired) electrons. The van der Waals surface area contributed by atoms with Crippen LogP contribution in [0.2, 0.25) is 0 Å². The number of rotatable bonds is 5. The van der Waals surface area contributed by atoms with Crippen LogP contribution < -0.4 is 0 Å². The van der Waals surface area contributed by atoms with E-state index >= 15 is 0 Å². The van der Waals surface area contributed by atoms with Gasteiger partial charge in [0.05, 0.1) is 67.6 Å². The molecule has 27 unspecified atom stereocenters. The lowest BCUT2D eigenvalue weighted by atomic mass is 9.75. The van der Waals surface area contributed by atoms with Crippen molar-refractivity contribution in [1.82, 2.24) is 0 Å². The number of hydrogen-bond acceptors (Lipinski definition) is 20. The summed E-state index contributed by atoms with van der Waals surface area (Å²) < 4.78 is 23.1. The first-order chi connectivity index (χ1) is 38.9. The molecule has 0 aliphatic carbocycles. The average molecular weight is 1190 g/mol. The minimum Gasteiger partial charge on any atom is -0.462 e. The molecule has 0 saturated carbocycles. The first-order valence-corrected chi connectivity index (χ1v) is 30.4. The van der Waals surface area contributed by atoms with Crippen LogP contribution in [0.3, 0.4) is 0 Å². The van der Waals surface area contributed by atoms with E-state index in [1.807, 2.05) is 26.0 Å². The van der Waals surface area contributed by atoms with Crippen molar-refractivity contribution in [3.8, 4) is 0 Å². The second-order valence-corrected chi connectivity index (χ2v) is 25.0. The van der Waals surface area contributed by atoms with Crippen LogP contribution in [0.25, 0.3) is 0 Å². The number of cyclic esters (lactones) is 2. The van der Waals surface area contributed by atoms with Gasteiger partial charge in [0.1, 0.15) is 42.7 Å². The van der Waals surface area contributed by atoms with E-state index in [9.17, 15) is 81.1 Å². The predicted octanol–water partition coefficient (Wildman–Crippen LogP) is 3.60. The van der Waals surface area contributed by atoms with Crippen molar-refractivity contribution in [2.24, 2.45) is 53.3 Å². The van der Waals surface area contributed by atoms with E-state index in [0.717, 1.165) is 19.3 Å². The fourth-order valence-electron chi connectivity index (χ4n) is 11.3. The number of carbonyl (C=O) groups is 2. The Morgan fingerprint density at radius 2 is 1.14 bits per heavy atom. The van der Waals surface area contributed by atoms with Crippen LogP contribution in [0.5, 0.6) is 0 Å². The van der Waals surface area contributed by atoms with Gasteiger partial charge in [-0.3, -0.25) is 4.79 Å². The highest BCUT2D eigenvalue weighted by molar-refractivity contribution is 5.87. The number of aliphatic hydroxyl groups is 14. The normalized spacial score (nSPS) is 43.1. The molecular formula is C63H108O20. The number of aliphatic hydroxyl groups excluding tert-OH is 14. The maximum absolute atomic E-state index is 13.5. The van der Waals surface area contributed by atoms with Gasteiger partial charge >= 0.3 is 11.9 Å². The monoisotopic (exact) mass is 1180 g/mol. The van der Waals surface area contributed by atoms with Gasteiger partial charge in [-0.05, 0) is 94.5 Å². The van der Waals surface area contributed by atoms with Gasteiger partial charge in [-0.1, -0.05) is 111 Å². The van der Waals surface area contributed by atoms with E-state index in [1.54, 1.807) is 39.0 Å². The summed E-state index contributed by atoms with van der Waals surface area (Å²) in [7, 11) is 0. The molecule has 0 aromatic heterocycles. The highest BCUT2D eigenvalue weighted by Crippen LogP contribution is 2.34. The lowest BCUT2D eigenvalue weighted by molar-refractivity contribution is -0.313. The minimum atomic E-state index is -1.86. The SMILES string of the molecule is CC1=CCCC(C)C(C)C(C)C(C)CCC=CC(C)C(O)C=CC(C)C(O)C(C)=CC(OC2OC(CO)C(O)C(O)C2O)C(O)CC(O)CC(O)CC(O)C(C)C(O)C(C)C(O)CC(O)CC(O)C=CCC(C(C)C2CCC(=O)O2)OC1=O. The van der Waals surface area contributed by atoms with Crippen LogP contribution >= 0.6 is 0 Å². The van der Waals surface area contributed by atoms with Gasteiger partial charge in [-0.15, -0.1) is 0 Å². The largest absolute Gasteiger partial charge is 0.462 e. The summed E-state index contributed by atoms with van der Waals surface area (Å²) in [5, 5.41) is 153. The van der Waals surface area contributed by atoms with Crippen LogP contribution in [0.1, 0.15) is 153 Å². The zero-order chi connectivity index (χ0) is 62.6. The van der Waals surface area contributed by atoms with Crippen LogP contribution in [0.15, 0.2) is 59.8 Å². The maximum atomic E-state index is 13.5. The van der Waals surface area contributed by atoms with Gasteiger partial charge in [-0.2, -0.15) is 0 Å². The molecule has 20 heteroatoms. The molecule has 14 N–H and O–H groups in total. The first-order valence-electron chi connectivity index (χ1n) is 30.4. The topological polar surface area (TPSA) is 354 Å². The zero-order valence-electron chi connectivity index (χ0n) is 51.1. The first kappa shape index (κ1) is 74.3. The molecule has 27 atom stereocenters. The van der Waals surface area contributed by atoms with Gasteiger partial charge in [0.2, 0.25) is 0 Å². The second-order valence-electron chi connectivity index (χ2n) is 25.0. The Bertz CT molecular complexity index is 2050. The molecule has 0 aromatic carbocycles. The molecule has 2 fully saturated rings. The Hall–Kier alpha value is -3.00. The molecular weight excluding hydrogens is 1080 g/mol. The number of hydrogen-bond donors (Lipinski definition) is 14. The number of allylic oxidation sites excluding steroid dienone is 2. The molecule has 3 heterocycles. The fourth-order valence-corrected chi connectivity index (χ4v) is 11.3. The van der Waals surface area contributed by atoms with E-state index < -0.39 is 147 Å². The standard InChI is InChI=1S/C63H108O20/c1-33-16-12-13-17-35(3)48(69)23-22-36(4)57(74)38(6)26-54(82-63-61(78)60(77)59(76)55(32-64)83-63)51(72)31-47(68)28-46(67)30-50(71)42(10)58(75)41(9)49(70)29-45(66)27-44(65)20-15-21-52(43(11)53-24-25-56(73)80-53)81-62(79)37(5)19-14-18-34(2)40(8)39(33)7/h13,15,17,19-20,22-23,26,33-36,39-55,57-61,63-72,74-78H,12,14,16,18,21,24-25,27-32H2,1-11H3. The summed E-state index contributed by atoms with van der Waals surface area (Å²) in [6, 6.07) is 0. The summed E-state index contributed by atoms with van der Waals surface area (Å²) in [6.45, 7) is 19.9. The van der Waals surface area contributed by atoms with E-state index in [0.29, 0.717) is 42.1 Å². The summed E-state index contributed by atoms with van der Waals surface area (Å²) in [6.07, 6.45) is -8.00. The molecule has 83 heavy (non-hydrogen) atoms. The highest BCUT2D eigenvalue weighted by atomic mass is 16.7. The van der Waals surface area contributed by atoms with Gasteiger partial charge in [0.25, 0.3) is 0 Å². The molecule has 480 valence electrons. The summed E-state index contributed by atoms with van der Waals surface area (Å²) in [5.74, 6) is -2.40. The van der Waals surface area contributed by atoms with Gasteiger partial charge < -0.3 is 90.4 Å². The maximum Gasteiger partial charge on any atom is 0.333 e. The number of ether oxygens (including phenoxy) is 4. The second kappa shape index (κ2) is 36.3. The smallest absolute Gasteiger partial charge is 0.333 e. The van der Waals surface area contributed by atoms with Crippen molar-refractivity contribution in [1.29, 1.82) is 0 Å². The van der Waals surface area contributed by atoms with E-state index in [1.165, 1.54) is 26.0 Å². The van der Waals surface area contributed by atoms with E-state index in [2.05, 4.69) is 33.8 Å². The summed E-state index contributed by atoms with van der Waals surface area (Å²) >= 11 is 0. The minimum absolute atomic E-state index is 0.175. The molecule has 3 aliphatic heterocycles. The predicted molar refractivity (Wildman–Crippen MR) is 311 cm³/mol. The summed E-state index contributed by atoms with van der Waals surface area (Å²) in [4.78, 5) is 25.6. The Kier molecular flexibility index (Phi) is 32.5. The van der Waals surface area contributed by atoms with Crippen molar-refractivity contribution in [3.63, 3.8) is 0 Å². The number of carbonyl (C=O) groups excluding carboxylic acids is 2. The lowest BCUT2D eigenvalue weighted by Crippen LogP contribution is -2.60. The quantitative estimate of drug-likeness (QED) is 0.138. The van der Waals surface area contributed by atoms with Gasteiger partial charge in [-0.25, -0.2) is 4.79 Å². The molecule has 0 aromatic rings. The van der Waals surface area contributed by atoms with Crippen molar-refractivity contribution in [2.75, 3.05) is 6.61 Å². The summed E-state index contributed by atoms with van der Waals surface area (Å²) in [5.41, 5.74) is 0.712. The van der Waals surface area contributed by atoms with E-state index in [4.69, 9.17) is 18.9 Å². The van der Waals surface area contributed by atoms with Gasteiger partial charge in [0, 0.05) is 60.8 Å². The molecule has 2 saturated heterocycles. The molecule has 3 aliphatic rings. The zero-order valence-corrected chi connectivity index (χ0v) is 51.1. The van der Waals surface area contributed by atoms with Crippen LogP contribution in [-0.2, 0) is 28.5 Å². The molecule has 3 rings (SSSR count). The third-order valence-corrected chi connectivity index (χ3v) is 18.3. The highest BCUT2D eigenvalue weighted by Gasteiger charge is 2.46. The molecule has 20 nitrogen and oxygen atoms in total. The van der Waals surface area contributed by atoms with Crippen LogP contribution in [-0.4, -0.2) is 200 Å². The van der Waals surface area contributed by atoms with Crippen molar-refractivity contribution >= 4 is 11.9 Å². The lowest BCUT2D eigenvalue weighted by Gasteiger charge is -2.41. The number of esters is 2. The molecule has 0 bridgehead atoms. The third-order valence-electron chi connectivity index (χ3n) is 18.3. The van der Waals surface area contributed by atoms with Crippen molar-refractivity contribution < 1.29 is 100 Å².